The third-order valence-electron chi connectivity index (χ3n) is 1.66. The van der Waals surface area contributed by atoms with Gasteiger partial charge in [-0.05, 0) is 6.92 Å². The van der Waals surface area contributed by atoms with E-state index in [1.807, 2.05) is 31.2 Å². The molecule has 11 heavy (non-hydrogen) atoms. The molecule has 0 amide bonds. The van der Waals surface area contributed by atoms with Crippen LogP contribution in [0.5, 0.6) is 0 Å². The largest absolute Gasteiger partial charge is 0.167 e. The van der Waals surface area contributed by atoms with Gasteiger partial charge in [0, 0.05) is 17.3 Å². The molecule has 0 heterocycles. The van der Waals surface area contributed by atoms with Crippen LogP contribution < -0.4 is 4.65 Å². The predicted molar refractivity (Wildman–Crippen MR) is 45.5 cm³/mol. The molecule has 0 unspecified atom stereocenters. The van der Waals surface area contributed by atoms with Crippen molar-refractivity contribution in [3.63, 3.8) is 0 Å². The summed E-state index contributed by atoms with van der Waals surface area (Å²) >= 11 is 0. The van der Waals surface area contributed by atoms with Gasteiger partial charge in [-0.25, -0.2) is 0 Å². The molecule has 0 fully saturated rings. The van der Waals surface area contributed by atoms with Crippen LogP contribution in [0.3, 0.4) is 0 Å². The molecule has 0 aliphatic heterocycles. The fourth-order valence-electron chi connectivity index (χ4n) is 0.904. The molecular formula is C9H13NO+. The van der Waals surface area contributed by atoms with Gasteiger partial charge in [0.15, 0.2) is 5.69 Å². The van der Waals surface area contributed by atoms with Gasteiger partial charge in [-0.15, -0.1) is 4.65 Å². The molecule has 0 saturated carbocycles. The van der Waals surface area contributed by atoms with Crippen LogP contribution in [0.1, 0.15) is 5.56 Å². The van der Waals surface area contributed by atoms with Gasteiger partial charge in [0.1, 0.15) is 14.1 Å². The number of hydroxylamine groups is 2. The number of aryl methyl sites for hydroxylation is 1. The van der Waals surface area contributed by atoms with Crippen molar-refractivity contribution >= 4 is 5.69 Å². The lowest BCUT2D eigenvalue weighted by atomic mass is 10.2. The summed E-state index contributed by atoms with van der Waals surface area (Å²) in [5.41, 5.74) is 1.97. The van der Waals surface area contributed by atoms with Crippen LogP contribution in [-0.4, -0.2) is 14.1 Å². The monoisotopic (exact) mass is 151 g/mol. The first-order valence-corrected chi connectivity index (χ1v) is 3.62. The van der Waals surface area contributed by atoms with Gasteiger partial charge in [0.2, 0.25) is 0 Å². The molecule has 0 bridgehead atoms. The SMILES string of the molecule is Cc1ccc([N+](C)(C)[O])cc1. The van der Waals surface area contributed by atoms with Crippen LogP contribution in [0.15, 0.2) is 24.3 Å². The van der Waals surface area contributed by atoms with Gasteiger partial charge in [-0.1, -0.05) is 17.7 Å². The zero-order valence-electron chi connectivity index (χ0n) is 7.16. The van der Waals surface area contributed by atoms with Gasteiger partial charge in [-0.3, -0.25) is 0 Å². The molecule has 1 radical (unpaired) electrons. The lowest BCUT2D eigenvalue weighted by Gasteiger charge is -2.14. The highest BCUT2D eigenvalue weighted by Gasteiger charge is 2.16. The molecule has 0 aliphatic rings. The molecule has 0 N–H and O–H groups in total. The summed E-state index contributed by atoms with van der Waals surface area (Å²) in [5, 5.41) is 11.4. The molecular weight excluding hydrogens is 138 g/mol. The zero-order chi connectivity index (χ0) is 8.48. The van der Waals surface area contributed by atoms with E-state index in [4.69, 9.17) is 0 Å². The molecule has 59 valence electrons. The van der Waals surface area contributed by atoms with Crippen LogP contribution in [0.4, 0.5) is 5.69 Å². The summed E-state index contributed by atoms with van der Waals surface area (Å²) in [6, 6.07) is 7.63. The molecule has 0 saturated heterocycles. The molecule has 0 spiro atoms. The van der Waals surface area contributed by atoms with Gasteiger partial charge >= 0.3 is 0 Å². The second kappa shape index (κ2) is 2.64. The van der Waals surface area contributed by atoms with Crippen molar-refractivity contribution < 1.29 is 5.21 Å². The second-order valence-corrected chi connectivity index (χ2v) is 3.19. The number of hydrogen-bond donors (Lipinski definition) is 0. The minimum absolute atomic E-state index is 0.361. The Morgan fingerprint density at radius 3 is 1.91 bits per heavy atom. The van der Waals surface area contributed by atoms with E-state index in [0.717, 1.165) is 5.69 Å². The quantitative estimate of drug-likeness (QED) is 0.431. The van der Waals surface area contributed by atoms with E-state index in [-0.39, 0.29) is 4.65 Å². The van der Waals surface area contributed by atoms with Crippen LogP contribution in [0.2, 0.25) is 0 Å². The van der Waals surface area contributed by atoms with E-state index >= 15 is 0 Å². The van der Waals surface area contributed by atoms with Gasteiger partial charge in [0.25, 0.3) is 0 Å². The summed E-state index contributed by atoms with van der Waals surface area (Å²) in [7, 11) is 3.23. The van der Waals surface area contributed by atoms with Crippen molar-refractivity contribution in [3.05, 3.63) is 29.8 Å². The highest BCUT2D eigenvalue weighted by atomic mass is 16.5. The highest BCUT2D eigenvalue weighted by molar-refractivity contribution is 5.40. The first-order valence-electron chi connectivity index (χ1n) is 3.62. The maximum Gasteiger partial charge on any atom is 0.167 e. The van der Waals surface area contributed by atoms with E-state index in [1.165, 1.54) is 5.56 Å². The topological polar surface area (TPSA) is 19.9 Å². The van der Waals surface area contributed by atoms with E-state index in [9.17, 15) is 5.21 Å². The standard InChI is InChI=1S/C9H13NO/c1-8-4-6-9(7-5-8)10(2,3)11/h4-7H,1-3H3/q+1. The minimum Gasteiger partial charge on any atom is -0.115 e. The van der Waals surface area contributed by atoms with E-state index in [2.05, 4.69) is 0 Å². The highest BCUT2D eigenvalue weighted by Crippen LogP contribution is 2.16. The third kappa shape index (κ3) is 2.03. The molecule has 0 atom stereocenters. The minimum atomic E-state index is -0.361. The molecule has 1 aromatic carbocycles. The van der Waals surface area contributed by atoms with Crippen LogP contribution in [-0.2, 0) is 5.21 Å². The molecule has 1 aromatic rings. The average molecular weight is 151 g/mol. The number of benzene rings is 1. The third-order valence-corrected chi connectivity index (χ3v) is 1.66. The van der Waals surface area contributed by atoms with Crippen molar-refractivity contribution in [1.29, 1.82) is 0 Å². The normalized spacial score (nSPS) is 11.6. The summed E-state index contributed by atoms with van der Waals surface area (Å²) in [4.78, 5) is 0. The zero-order valence-corrected chi connectivity index (χ0v) is 7.16. The fraction of sp³-hybridized carbons (Fsp3) is 0.333. The molecule has 1 rings (SSSR count). The number of quaternary nitrogens is 1. The summed E-state index contributed by atoms with van der Waals surface area (Å²) < 4.78 is -0.361. The first-order chi connectivity index (χ1) is 5.00. The summed E-state index contributed by atoms with van der Waals surface area (Å²) in [6.07, 6.45) is 0. The Labute approximate surface area is 67.2 Å². The Morgan fingerprint density at radius 1 is 1.09 bits per heavy atom. The Balaban J connectivity index is 2.99. The van der Waals surface area contributed by atoms with Crippen molar-refractivity contribution in [2.24, 2.45) is 0 Å². The Hall–Kier alpha value is -0.860. The van der Waals surface area contributed by atoms with Crippen molar-refractivity contribution in [1.82, 2.24) is 4.65 Å². The van der Waals surface area contributed by atoms with E-state index in [0.29, 0.717) is 0 Å². The molecule has 0 aliphatic carbocycles. The van der Waals surface area contributed by atoms with Crippen LogP contribution >= 0.6 is 0 Å². The number of nitrogens with zero attached hydrogens (tertiary/aromatic N) is 1. The van der Waals surface area contributed by atoms with Gasteiger partial charge < -0.3 is 0 Å². The summed E-state index contributed by atoms with van der Waals surface area (Å²) in [5.74, 6) is 0. The fourth-order valence-corrected chi connectivity index (χ4v) is 0.904. The van der Waals surface area contributed by atoms with Crippen LogP contribution in [0, 0.1) is 6.92 Å². The number of hydrogen-bond acceptors (Lipinski definition) is 0. The second-order valence-electron chi connectivity index (χ2n) is 3.19. The van der Waals surface area contributed by atoms with Crippen molar-refractivity contribution in [2.75, 3.05) is 14.1 Å². The Morgan fingerprint density at radius 2 is 1.55 bits per heavy atom. The van der Waals surface area contributed by atoms with Crippen molar-refractivity contribution in [2.45, 2.75) is 6.92 Å². The van der Waals surface area contributed by atoms with Gasteiger partial charge in [0.05, 0.1) is 0 Å². The van der Waals surface area contributed by atoms with E-state index < -0.39 is 0 Å². The van der Waals surface area contributed by atoms with E-state index in [1.54, 1.807) is 14.1 Å². The van der Waals surface area contributed by atoms with Gasteiger partial charge in [-0.2, -0.15) is 0 Å². The van der Waals surface area contributed by atoms with Crippen LogP contribution in [0.25, 0.3) is 0 Å². The Bertz CT molecular complexity index is 233. The maximum atomic E-state index is 11.4. The smallest absolute Gasteiger partial charge is 0.115 e. The predicted octanol–water partition coefficient (Wildman–Crippen LogP) is 1.91. The molecule has 2 heteroatoms. The average Bonchev–Trinajstić information content (AvgIpc) is 1.86. The first kappa shape index (κ1) is 8.24. The molecule has 2 nitrogen and oxygen atoms in total. The molecule has 0 aromatic heterocycles. The lowest BCUT2D eigenvalue weighted by Crippen LogP contribution is -2.33. The maximum absolute atomic E-state index is 11.4. The Kier molecular flexibility index (Phi) is 1.98. The summed E-state index contributed by atoms with van der Waals surface area (Å²) in [6.45, 7) is 2.01. The van der Waals surface area contributed by atoms with Crippen molar-refractivity contribution in [3.8, 4) is 0 Å². The number of rotatable bonds is 1. The lowest BCUT2D eigenvalue weighted by molar-refractivity contribution is -0.101.